The van der Waals surface area contributed by atoms with Gasteiger partial charge in [0, 0.05) is 19.1 Å². The van der Waals surface area contributed by atoms with Crippen molar-refractivity contribution in [2.24, 2.45) is 0 Å². The zero-order valence-corrected chi connectivity index (χ0v) is 12.9. The number of nitrogens with zero attached hydrogens (tertiary/aromatic N) is 1. The van der Waals surface area contributed by atoms with Crippen LogP contribution in [0.2, 0.25) is 0 Å². The van der Waals surface area contributed by atoms with Gasteiger partial charge in [0.05, 0.1) is 7.11 Å². The molecule has 0 spiro atoms. The summed E-state index contributed by atoms with van der Waals surface area (Å²) >= 11 is 0. The molecule has 21 heavy (non-hydrogen) atoms. The summed E-state index contributed by atoms with van der Waals surface area (Å²) in [7, 11) is 1.66. The quantitative estimate of drug-likeness (QED) is 0.868. The number of benzene rings is 1. The molecule has 2 aliphatic rings. The largest absolute Gasteiger partial charge is 0.493 e. The van der Waals surface area contributed by atoms with Gasteiger partial charge in [-0.05, 0) is 50.6 Å². The first kappa shape index (κ1) is 14.5. The third-order valence-corrected chi connectivity index (χ3v) is 4.25. The van der Waals surface area contributed by atoms with E-state index in [1.807, 2.05) is 12.1 Å². The molecule has 2 aliphatic heterocycles. The van der Waals surface area contributed by atoms with Gasteiger partial charge in [0.25, 0.3) is 0 Å². The number of methoxy groups -OCH3 is 1. The molecule has 0 saturated carbocycles. The fourth-order valence-electron chi connectivity index (χ4n) is 3.02. The van der Waals surface area contributed by atoms with Gasteiger partial charge in [0.2, 0.25) is 12.5 Å². The van der Waals surface area contributed by atoms with Crippen LogP contribution in [0.25, 0.3) is 0 Å². The van der Waals surface area contributed by atoms with E-state index < -0.39 is 0 Å². The molecule has 3 rings (SSSR count). The molecule has 0 radical (unpaired) electrons. The first-order valence-electron chi connectivity index (χ1n) is 7.69. The van der Waals surface area contributed by atoms with E-state index in [-0.39, 0.29) is 6.79 Å². The monoisotopic (exact) mass is 292 g/mol. The highest BCUT2D eigenvalue weighted by atomic mass is 16.7. The van der Waals surface area contributed by atoms with Crippen molar-refractivity contribution in [3.63, 3.8) is 0 Å². The number of likely N-dealkylation sites (tertiary alicyclic amines) is 1. The van der Waals surface area contributed by atoms with E-state index >= 15 is 0 Å². The van der Waals surface area contributed by atoms with Crippen molar-refractivity contribution in [1.82, 2.24) is 10.2 Å². The zero-order valence-electron chi connectivity index (χ0n) is 12.9. The Hall–Kier alpha value is -1.46. The van der Waals surface area contributed by atoms with Crippen molar-refractivity contribution in [2.75, 3.05) is 33.5 Å². The molecular formula is C16H24N2O3. The second-order valence-corrected chi connectivity index (χ2v) is 5.75. The van der Waals surface area contributed by atoms with Crippen LogP contribution >= 0.6 is 0 Å². The van der Waals surface area contributed by atoms with Crippen LogP contribution in [0.15, 0.2) is 12.1 Å². The van der Waals surface area contributed by atoms with Gasteiger partial charge in [-0.15, -0.1) is 0 Å². The van der Waals surface area contributed by atoms with Crippen LogP contribution in [0.3, 0.4) is 0 Å². The van der Waals surface area contributed by atoms with Crippen LogP contribution in [-0.2, 0) is 6.54 Å². The molecule has 0 aliphatic carbocycles. The smallest absolute Gasteiger partial charge is 0.231 e. The van der Waals surface area contributed by atoms with Crippen LogP contribution < -0.4 is 19.5 Å². The maximum absolute atomic E-state index is 5.45. The molecule has 0 bridgehead atoms. The fourth-order valence-corrected chi connectivity index (χ4v) is 3.02. The Bertz CT molecular complexity index is 487. The highest BCUT2D eigenvalue weighted by Gasteiger charge is 2.20. The van der Waals surface area contributed by atoms with E-state index in [4.69, 9.17) is 14.2 Å². The number of rotatable bonds is 6. The number of hydrogen-bond donors (Lipinski definition) is 1. The lowest BCUT2D eigenvalue weighted by molar-refractivity contribution is 0.171. The molecule has 1 atom stereocenters. The van der Waals surface area contributed by atoms with Crippen LogP contribution in [-0.4, -0.2) is 44.5 Å². The Morgan fingerprint density at radius 3 is 2.86 bits per heavy atom. The number of hydrogen-bond acceptors (Lipinski definition) is 5. The van der Waals surface area contributed by atoms with Gasteiger partial charge >= 0.3 is 0 Å². The zero-order chi connectivity index (χ0) is 14.7. The second kappa shape index (κ2) is 6.54. The van der Waals surface area contributed by atoms with Gasteiger partial charge in [-0.1, -0.05) is 0 Å². The molecule has 2 heterocycles. The predicted octanol–water partition coefficient (Wildman–Crippen LogP) is 2.00. The minimum absolute atomic E-state index is 0.272. The molecule has 1 aromatic carbocycles. The first-order valence-corrected chi connectivity index (χ1v) is 7.69. The van der Waals surface area contributed by atoms with Crippen molar-refractivity contribution < 1.29 is 14.2 Å². The van der Waals surface area contributed by atoms with E-state index in [9.17, 15) is 0 Å². The van der Waals surface area contributed by atoms with Gasteiger partial charge < -0.3 is 19.5 Å². The third-order valence-electron chi connectivity index (χ3n) is 4.25. The summed E-state index contributed by atoms with van der Waals surface area (Å²) in [6.45, 7) is 6.84. The van der Waals surface area contributed by atoms with E-state index in [2.05, 4.69) is 17.1 Å². The van der Waals surface area contributed by atoms with E-state index in [1.54, 1.807) is 7.11 Å². The lowest BCUT2D eigenvalue weighted by atomic mass is 10.1. The third kappa shape index (κ3) is 3.24. The Balaban J connectivity index is 1.55. The lowest BCUT2D eigenvalue weighted by Gasteiger charge is -2.24. The Morgan fingerprint density at radius 2 is 2.10 bits per heavy atom. The van der Waals surface area contributed by atoms with E-state index in [1.165, 1.54) is 25.9 Å². The van der Waals surface area contributed by atoms with Crippen molar-refractivity contribution in [3.05, 3.63) is 17.7 Å². The number of fused-ring (bicyclic) bond motifs is 1. The molecule has 1 aromatic rings. The average Bonchev–Trinajstić information content (AvgIpc) is 3.17. The highest BCUT2D eigenvalue weighted by molar-refractivity contribution is 5.55. The summed E-state index contributed by atoms with van der Waals surface area (Å²) in [4.78, 5) is 2.55. The molecule has 5 heteroatoms. The Labute approximate surface area is 126 Å². The summed E-state index contributed by atoms with van der Waals surface area (Å²) in [5.74, 6) is 2.24. The number of nitrogens with one attached hydrogen (secondary N) is 1. The van der Waals surface area contributed by atoms with E-state index in [0.29, 0.717) is 11.8 Å². The lowest BCUT2D eigenvalue weighted by Crippen LogP contribution is -2.38. The van der Waals surface area contributed by atoms with Crippen LogP contribution in [0.1, 0.15) is 25.3 Å². The maximum atomic E-state index is 5.45. The van der Waals surface area contributed by atoms with Crippen molar-refractivity contribution in [3.8, 4) is 17.2 Å². The van der Waals surface area contributed by atoms with Crippen molar-refractivity contribution >= 4 is 0 Å². The summed E-state index contributed by atoms with van der Waals surface area (Å²) < 4.78 is 16.2. The molecule has 116 valence electrons. The standard InChI is InChI=1S/C16H24N2O3/c1-12(18-5-3-4-6-18)9-17-10-13-7-14(19-2)16-15(8-13)20-11-21-16/h7-8,12,17H,3-6,9-11H2,1-2H3. The van der Waals surface area contributed by atoms with Gasteiger partial charge in [0.1, 0.15) is 0 Å². The topological polar surface area (TPSA) is 43.0 Å². The van der Waals surface area contributed by atoms with Gasteiger partial charge in [-0.25, -0.2) is 0 Å². The van der Waals surface area contributed by atoms with Crippen molar-refractivity contribution in [2.45, 2.75) is 32.4 Å². The van der Waals surface area contributed by atoms with E-state index in [0.717, 1.165) is 30.2 Å². The summed E-state index contributed by atoms with van der Waals surface area (Å²) in [5.41, 5.74) is 1.16. The predicted molar refractivity (Wildman–Crippen MR) is 81.1 cm³/mol. The van der Waals surface area contributed by atoms with Crippen LogP contribution in [0.4, 0.5) is 0 Å². The SMILES string of the molecule is COc1cc(CNCC(C)N2CCCC2)cc2c1OCO2. The first-order chi connectivity index (χ1) is 10.3. The van der Waals surface area contributed by atoms with Gasteiger partial charge in [-0.2, -0.15) is 0 Å². The minimum Gasteiger partial charge on any atom is -0.493 e. The van der Waals surface area contributed by atoms with Gasteiger partial charge in [0.15, 0.2) is 11.5 Å². The molecule has 1 fully saturated rings. The average molecular weight is 292 g/mol. The summed E-state index contributed by atoms with van der Waals surface area (Å²) in [5, 5.41) is 3.53. The molecule has 0 aromatic heterocycles. The molecule has 1 N–H and O–H groups in total. The normalized spacial score (nSPS) is 19.0. The summed E-state index contributed by atoms with van der Waals surface area (Å²) in [6, 6.07) is 4.63. The van der Waals surface area contributed by atoms with Crippen LogP contribution in [0.5, 0.6) is 17.2 Å². The van der Waals surface area contributed by atoms with Crippen LogP contribution in [0, 0.1) is 0 Å². The molecule has 5 nitrogen and oxygen atoms in total. The Morgan fingerprint density at radius 1 is 1.29 bits per heavy atom. The fraction of sp³-hybridized carbons (Fsp3) is 0.625. The number of ether oxygens (including phenoxy) is 3. The second-order valence-electron chi connectivity index (χ2n) is 5.75. The summed E-state index contributed by atoms with van der Waals surface area (Å²) in [6.07, 6.45) is 2.67. The highest BCUT2D eigenvalue weighted by Crippen LogP contribution is 2.41. The molecule has 1 saturated heterocycles. The molecular weight excluding hydrogens is 268 g/mol. The Kier molecular flexibility index (Phi) is 4.51. The molecule has 1 unspecified atom stereocenters. The molecule has 0 amide bonds. The minimum atomic E-state index is 0.272. The maximum Gasteiger partial charge on any atom is 0.231 e. The van der Waals surface area contributed by atoms with Gasteiger partial charge in [-0.3, -0.25) is 4.90 Å². The van der Waals surface area contributed by atoms with Crippen molar-refractivity contribution in [1.29, 1.82) is 0 Å².